The van der Waals surface area contributed by atoms with Crippen LogP contribution >= 0.6 is 11.8 Å². The maximum atomic E-state index is 10.4. The van der Waals surface area contributed by atoms with Crippen molar-refractivity contribution in [2.45, 2.75) is 17.4 Å². The van der Waals surface area contributed by atoms with E-state index in [1.54, 1.807) is 11.8 Å². The smallest absolute Gasteiger partial charge is 0.122 e. The van der Waals surface area contributed by atoms with Gasteiger partial charge in [0, 0.05) is 11.3 Å². The van der Waals surface area contributed by atoms with Gasteiger partial charge in [0.05, 0.1) is 6.61 Å². The predicted octanol–water partition coefficient (Wildman–Crippen LogP) is 3.43. The maximum absolute atomic E-state index is 10.4. The Hall–Kier alpha value is -1.45. The summed E-state index contributed by atoms with van der Waals surface area (Å²) in [6.45, 7) is 0.747. The monoisotopic (exact) mass is 272 g/mol. The van der Waals surface area contributed by atoms with E-state index in [1.807, 2.05) is 42.7 Å². The molecule has 0 aliphatic carbocycles. The number of ether oxygens (including phenoxy) is 1. The van der Waals surface area contributed by atoms with E-state index >= 15 is 0 Å². The molecule has 1 heterocycles. The van der Waals surface area contributed by atoms with Gasteiger partial charge in [0.2, 0.25) is 0 Å². The van der Waals surface area contributed by atoms with Crippen molar-refractivity contribution in [1.82, 2.24) is 0 Å². The van der Waals surface area contributed by atoms with Gasteiger partial charge in [0.1, 0.15) is 11.9 Å². The normalized spacial score (nSPS) is 14.8. The highest BCUT2D eigenvalue weighted by Crippen LogP contribution is 2.31. The van der Waals surface area contributed by atoms with Crippen molar-refractivity contribution in [2.75, 3.05) is 12.9 Å². The molecule has 0 fully saturated rings. The van der Waals surface area contributed by atoms with Gasteiger partial charge in [-0.25, -0.2) is 0 Å². The minimum absolute atomic E-state index is 0.568. The number of fused-ring (bicyclic) bond motifs is 1. The van der Waals surface area contributed by atoms with Crippen molar-refractivity contribution in [3.63, 3.8) is 0 Å². The fourth-order valence-electron chi connectivity index (χ4n) is 2.36. The predicted molar refractivity (Wildman–Crippen MR) is 77.9 cm³/mol. The minimum Gasteiger partial charge on any atom is -0.493 e. The van der Waals surface area contributed by atoms with E-state index < -0.39 is 6.10 Å². The van der Waals surface area contributed by atoms with E-state index in [2.05, 4.69) is 6.07 Å². The molecule has 1 unspecified atom stereocenters. The van der Waals surface area contributed by atoms with Crippen LogP contribution in [0.5, 0.6) is 5.75 Å². The topological polar surface area (TPSA) is 29.5 Å². The molecule has 2 aromatic rings. The van der Waals surface area contributed by atoms with Crippen LogP contribution in [0.1, 0.15) is 22.8 Å². The van der Waals surface area contributed by atoms with Gasteiger partial charge in [-0.2, -0.15) is 0 Å². The lowest BCUT2D eigenvalue weighted by atomic mass is 9.99. The average Bonchev–Trinajstić information content (AvgIpc) is 2.94. The van der Waals surface area contributed by atoms with Crippen LogP contribution in [-0.2, 0) is 6.42 Å². The molecule has 0 spiro atoms. The van der Waals surface area contributed by atoms with Crippen LogP contribution in [0.2, 0.25) is 0 Å². The summed E-state index contributed by atoms with van der Waals surface area (Å²) in [7, 11) is 0. The molecule has 3 heteroatoms. The van der Waals surface area contributed by atoms with Gasteiger partial charge in [0.25, 0.3) is 0 Å². The number of thioether (sulfide) groups is 1. The van der Waals surface area contributed by atoms with Crippen molar-refractivity contribution in [2.24, 2.45) is 0 Å². The number of hydrogen-bond donors (Lipinski definition) is 1. The zero-order chi connectivity index (χ0) is 13.2. The molecule has 19 heavy (non-hydrogen) atoms. The molecule has 98 valence electrons. The van der Waals surface area contributed by atoms with E-state index in [0.717, 1.165) is 29.9 Å². The average molecular weight is 272 g/mol. The second-order valence-corrected chi connectivity index (χ2v) is 5.52. The second kappa shape index (κ2) is 5.27. The fraction of sp³-hybridized carbons (Fsp3) is 0.250. The number of aliphatic hydroxyl groups is 1. The summed E-state index contributed by atoms with van der Waals surface area (Å²) in [6, 6.07) is 14.0. The largest absolute Gasteiger partial charge is 0.493 e. The van der Waals surface area contributed by atoms with Gasteiger partial charge in [-0.05, 0) is 47.2 Å². The third-order valence-electron chi connectivity index (χ3n) is 3.46. The first-order valence-electron chi connectivity index (χ1n) is 6.35. The van der Waals surface area contributed by atoms with Gasteiger partial charge in [0.15, 0.2) is 0 Å². The van der Waals surface area contributed by atoms with Crippen LogP contribution < -0.4 is 4.74 Å². The second-order valence-electron chi connectivity index (χ2n) is 4.64. The molecule has 0 amide bonds. The summed E-state index contributed by atoms with van der Waals surface area (Å²) in [5.74, 6) is 0.952. The van der Waals surface area contributed by atoms with Crippen molar-refractivity contribution in [3.05, 3.63) is 59.2 Å². The Morgan fingerprint density at radius 1 is 1.11 bits per heavy atom. The number of aliphatic hydroxyl groups excluding tert-OH is 1. The summed E-state index contributed by atoms with van der Waals surface area (Å²) in [5.41, 5.74) is 3.05. The Bertz CT molecular complexity index is 578. The summed E-state index contributed by atoms with van der Waals surface area (Å²) in [5, 5.41) is 10.4. The van der Waals surface area contributed by atoms with Crippen molar-refractivity contribution in [1.29, 1.82) is 0 Å². The Kier molecular flexibility index (Phi) is 3.49. The molecule has 2 nitrogen and oxygen atoms in total. The molecular weight excluding hydrogens is 256 g/mol. The first kappa shape index (κ1) is 12.6. The van der Waals surface area contributed by atoms with Crippen LogP contribution in [0.15, 0.2) is 47.4 Å². The SMILES string of the molecule is CSc1ccc(C(O)c2ccc3c(c2)CCO3)cc1. The van der Waals surface area contributed by atoms with Crippen LogP contribution in [0.3, 0.4) is 0 Å². The van der Waals surface area contributed by atoms with Gasteiger partial charge in [-0.1, -0.05) is 18.2 Å². The zero-order valence-electron chi connectivity index (χ0n) is 10.8. The Morgan fingerprint density at radius 3 is 2.58 bits per heavy atom. The van der Waals surface area contributed by atoms with E-state index in [4.69, 9.17) is 4.74 Å². The van der Waals surface area contributed by atoms with Crippen LogP contribution in [-0.4, -0.2) is 18.0 Å². The molecule has 0 saturated carbocycles. The van der Waals surface area contributed by atoms with Gasteiger partial charge < -0.3 is 9.84 Å². The molecule has 0 saturated heterocycles. The Balaban J connectivity index is 1.88. The Labute approximate surface area is 117 Å². The first-order chi connectivity index (χ1) is 9.28. The van der Waals surface area contributed by atoms with Crippen LogP contribution in [0.4, 0.5) is 0 Å². The summed E-state index contributed by atoms with van der Waals surface area (Å²) < 4.78 is 5.48. The maximum Gasteiger partial charge on any atom is 0.122 e. The molecule has 1 aliphatic heterocycles. The molecule has 3 rings (SSSR count). The van der Waals surface area contributed by atoms with Gasteiger partial charge in [-0.3, -0.25) is 0 Å². The van der Waals surface area contributed by atoms with E-state index in [0.29, 0.717) is 0 Å². The lowest BCUT2D eigenvalue weighted by molar-refractivity contribution is 0.220. The van der Waals surface area contributed by atoms with Crippen LogP contribution in [0.25, 0.3) is 0 Å². The number of rotatable bonds is 3. The van der Waals surface area contributed by atoms with Crippen molar-refractivity contribution < 1.29 is 9.84 Å². The van der Waals surface area contributed by atoms with E-state index in [1.165, 1.54) is 10.5 Å². The molecule has 1 N–H and O–H groups in total. The van der Waals surface area contributed by atoms with Crippen molar-refractivity contribution in [3.8, 4) is 5.75 Å². The summed E-state index contributed by atoms with van der Waals surface area (Å²) in [4.78, 5) is 1.21. The third kappa shape index (κ3) is 2.48. The molecule has 0 radical (unpaired) electrons. The highest BCUT2D eigenvalue weighted by atomic mass is 32.2. The standard InChI is InChI=1S/C16H16O2S/c1-19-14-5-2-11(3-6-14)16(17)13-4-7-15-12(10-13)8-9-18-15/h2-7,10,16-17H,8-9H2,1H3. The van der Waals surface area contributed by atoms with Gasteiger partial charge in [-0.15, -0.1) is 11.8 Å². The first-order valence-corrected chi connectivity index (χ1v) is 7.58. The van der Waals surface area contributed by atoms with E-state index in [-0.39, 0.29) is 0 Å². The molecular formula is C16H16O2S. The molecule has 0 aromatic heterocycles. The quantitative estimate of drug-likeness (QED) is 0.868. The number of hydrogen-bond acceptors (Lipinski definition) is 3. The third-order valence-corrected chi connectivity index (χ3v) is 4.20. The molecule has 2 aromatic carbocycles. The molecule has 0 bridgehead atoms. The number of benzene rings is 2. The highest BCUT2D eigenvalue weighted by molar-refractivity contribution is 7.98. The fourth-order valence-corrected chi connectivity index (χ4v) is 2.76. The summed E-state index contributed by atoms with van der Waals surface area (Å²) >= 11 is 1.70. The lowest BCUT2D eigenvalue weighted by Gasteiger charge is -2.13. The molecule has 1 aliphatic rings. The van der Waals surface area contributed by atoms with Crippen LogP contribution in [0, 0.1) is 0 Å². The summed E-state index contributed by atoms with van der Waals surface area (Å²) in [6.07, 6.45) is 2.41. The lowest BCUT2D eigenvalue weighted by Crippen LogP contribution is -2.00. The minimum atomic E-state index is -0.568. The zero-order valence-corrected chi connectivity index (χ0v) is 11.6. The van der Waals surface area contributed by atoms with Crippen molar-refractivity contribution >= 4 is 11.8 Å². The Morgan fingerprint density at radius 2 is 1.84 bits per heavy atom. The van der Waals surface area contributed by atoms with E-state index in [9.17, 15) is 5.11 Å². The van der Waals surface area contributed by atoms with Gasteiger partial charge >= 0.3 is 0 Å². The molecule has 1 atom stereocenters. The highest BCUT2D eigenvalue weighted by Gasteiger charge is 2.16.